The van der Waals surface area contributed by atoms with Gasteiger partial charge in [-0.3, -0.25) is 4.57 Å². The van der Waals surface area contributed by atoms with E-state index in [9.17, 15) is 17.6 Å². The van der Waals surface area contributed by atoms with E-state index in [1.165, 1.54) is 28.1 Å². The average Bonchev–Trinajstić information content (AvgIpc) is 3.12. The van der Waals surface area contributed by atoms with E-state index in [2.05, 4.69) is 10.6 Å². The number of amides is 1. The molecule has 0 aliphatic carbocycles. The normalized spacial score (nSPS) is 15.5. The van der Waals surface area contributed by atoms with Gasteiger partial charge in [0.25, 0.3) is 0 Å². The summed E-state index contributed by atoms with van der Waals surface area (Å²) in [5, 5.41) is 6.37. The van der Waals surface area contributed by atoms with Crippen molar-refractivity contribution in [1.82, 2.24) is 19.5 Å². The molecule has 0 radical (unpaired) electrons. The summed E-state index contributed by atoms with van der Waals surface area (Å²) < 4.78 is 42.2. The number of halogens is 1. The molecule has 1 fully saturated rings. The van der Waals surface area contributed by atoms with E-state index >= 15 is 0 Å². The van der Waals surface area contributed by atoms with Gasteiger partial charge in [-0.1, -0.05) is 12.1 Å². The molecular formula is C20H21FN4O3S. The molecule has 0 bridgehead atoms. The van der Waals surface area contributed by atoms with Crippen molar-refractivity contribution in [2.45, 2.75) is 4.90 Å². The van der Waals surface area contributed by atoms with Crippen LogP contribution in [0.25, 0.3) is 22.0 Å². The number of benzene rings is 2. The highest BCUT2D eigenvalue weighted by Crippen LogP contribution is 2.32. The maximum Gasteiger partial charge on any atom is 0.325 e. The van der Waals surface area contributed by atoms with E-state index in [1.54, 1.807) is 36.5 Å². The fraction of sp³-hybridized carbons (Fsp3) is 0.250. The lowest BCUT2D eigenvalue weighted by atomic mass is 10.1. The quantitative estimate of drug-likeness (QED) is 0.686. The SMILES string of the molecule is CNC(=O)n1cc(-c2ccc(S(=O)(=O)N3CCNCC3)cc2)c2ccc(F)cc21. The first-order chi connectivity index (χ1) is 13.9. The molecule has 9 heteroatoms. The van der Waals surface area contributed by atoms with Gasteiger partial charge in [0.1, 0.15) is 5.82 Å². The van der Waals surface area contributed by atoms with Crippen molar-refractivity contribution < 1.29 is 17.6 Å². The second-order valence-corrected chi connectivity index (χ2v) is 8.75. The molecule has 0 saturated carbocycles. The predicted molar refractivity (Wildman–Crippen MR) is 109 cm³/mol. The van der Waals surface area contributed by atoms with E-state index in [-0.39, 0.29) is 10.9 Å². The summed E-state index contributed by atoms with van der Waals surface area (Å²) in [4.78, 5) is 12.4. The molecule has 1 aromatic heterocycles. The number of hydrogen-bond acceptors (Lipinski definition) is 4. The van der Waals surface area contributed by atoms with Crippen LogP contribution in [0.5, 0.6) is 0 Å². The van der Waals surface area contributed by atoms with Crippen molar-refractivity contribution in [3.8, 4) is 11.1 Å². The van der Waals surface area contributed by atoms with Gasteiger partial charge in [-0.15, -0.1) is 0 Å². The first-order valence-electron chi connectivity index (χ1n) is 9.26. The molecule has 3 aromatic rings. The van der Waals surface area contributed by atoms with Gasteiger partial charge >= 0.3 is 6.03 Å². The summed E-state index contributed by atoms with van der Waals surface area (Å²) >= 11 is 0. The van der Waals surface area contributed by atoms with Crippen LogP contribution in [0.1, 0.15) is 0 Å². The van der Waals surface area contributed by atoms with E-state index in [0.717, 1.165) is 11.1 Å². The van der Waals surface area contributed by atoms with Crippen molar-refractivity contribution in [3.05, 3.63) is 54.5 Å². The molecule has 152 valence electrons. The third-order valence-corrected chi connectivity index (χ3v) is 6.99. The molecule has 0 atom stereocenters. The largest absolute Gasteiger partial charge is 0.340 e. The van der Waals surface area contributed by atoms with Crippen LogP contribution in [0.4, 0.5) is 9.18 Å². The number of hydrogen-bond donors (Lipinski definition) is 2. The molecule has 0 spiro atoms. The van der Waals surface area contributed by atoms with Gasteiger partial charge in [-0.2, -0.15) is 4.31 Å². The highest BCUT2D eigenvalue weighted by Gasteiger charge is 2.26. The lowest BCUT2D eigenvalue weighted by molar-refractivity contribution is 0.245. The van der Waals surface area contributed by atoms with Crippen molar-refractivity contribution in [2.75, 3.05) is 33.2 Å². The van der Waals surface area contributed by atoms with Crippen LogP contribution in [0.15, 0.2) is 53.6 Å². The number of aromatic nitrogens is 1. The van der Waals surface area contributed by atoms with Crippen LogP contribution < -0.4 is 10.6 Å². The summed E-state index contributed by atoms with van der Waals surface area (Å²) in [6, 6.07) is 10.4. The van der Waals surface area contributed by atoms with Gasteiger partial charge < -0.3 is 10.6 Å². The van der Waals surface area contributed by atoms with Gasteiger partial charge in [0.05, 0.1) is 10.4 Å². The summed E-state index contributed by atoms with van der Waals surface area (Å²) in [6.45, 7) is 2.14. The average molecular weight is 416 g/mol. The highest BCUT2D eigenvalue weighted by atomic mass is 32.2. The molecule has 2 heterocycles. The number of carbonyl (C=O) groups is 1. The Morgan fingerprint density at radius 1 is 1.10 bits per heavy atom. The maximum absolute atomic E-state index is 13.7. The zero-order valence-electron chi connectivity index (χ0n) is 15.9. The minimum Gasteiger partial charge on any atom is -0.340 e. The Hall–Kier alpha value is -2.75. The van der Waals surface area contributed by atoms with Crippen molar-refractivity contribution >= 4 is 27.0 Å². The first-order valence-corrected chi connectivity index (χ1v) is 10.7. The molecule has 1 amide bonds. The molecule has 2 N–H and O–H groups in total. The molecular weight excluding hydrogens is 395 g/mol. The summed E-state index contributed by atoms with van der Waals surface area (Å²) in [5.74, 6) is -0.440. The van der Waals surface area contributed by atoms with Gasteiger partial charge in [-0.05, 0) is 35.9 Å². The predicted octanol–water partition coefficient (Wildman–Crippen LogP) is 2.23. The second kappa shape index (κ2) is 7.58. The van der Waals surface area contributed by atoms with Gasteiger partial charge in [-0.25, -0.2) is 17.6 Å². The number of nitrogens with zero attached hydrogens (tertiary/aromatic N) is 2. The molecule has 1 aliphatic rings. The summed E-state index contributed by atoms with van der Waals surface area (Å²) in [7, 11) is -2.04. The minimum absolute atomic E-state index is 0.226. The third kappa shape index (κ3) is 3.52. The van der Waals surface area contributed by atoms with E-state index in [1.807, 2.05) is 0 Å². The lowest BCUT2D eigenvalue weighted by Gasteiger charge is -2.26. The van der Waals surface area contributed by atoms with Crippen LogP contribution in [0.3, 0.4) is 0 Å². The Morgan fingerprint density at radius 2 is 1.79 bits per heavy atom. The molecule has 4 rings (SSSR count). The zero-order chi connectivity index (χ0) is 20.6. The molecule has 7 nitrogen and oxygen atoms in total. The molecule has 2 aromatic carbocycles. The fourth-order valence-corrected chi connectivity index (χ4v) is 5.00. The van der Waals surface area contributed by atoms with Crippen LogP contribution >= 0.6 is 0 Å². The van der Waals surface area contributed by atoms with Crippen LogP contribution in [0, 0.1) is 5.82 Å². The van der Waals surface area contributed by atoms with E-state index < -0.39 is 15.8 Å². The standard InChI is InChI=1S/C20H21FN4O3S/c1-22-20(26)25-13-18(17-7-4-15(21)12-19(17)25)14-2-5-16(6-3-14)29(27,28)24-10-8-23-9-11-24/h2-7,12-13,23H,8-11H2,1H3,(H,22,26). The molecule has 0 unspecified atom stereocenters. The number of nitrogens with one attached hydrogen (secondary N) is 2. The second-order valence-electron chi connectivity index (χ2n) is 6.81. The lowest BCUT2D eigenvalue weighted by Crippen LogP contribution is -2.46. The highest BCUT2D eigenvalue weighted by molar-refractivity contribution is 7.89. The van der Waals surface area contributed by atoms with Gasteiger partial charge in [0.2, 0.25) is 10.0 Å². The monoisotopic (exact) mass is 416 g/mol. The number of piperazine rings is 1. The maximum atomic E-state index is 13.7. The zero-order valence-corrected chi connectivity index (χ0v) is 16.7. The van der Waals surface area contributed by atoms with Crippen LogP contribution in [0.2, 0.25) is 0 Å². The Labute approximate surface area is 168 Å². The van der Waals surface area contributed by atoms with Gasteiger partial charge in [0, 0.05) is 50.4 Å². The molecule has 1 saturated heterocycles. The fourth-order valence-electron chi connectivity index (χ4n) is 3.56. The smallest absolute Gasteiger partial charge is 0.325 e. The van der Waals surface area contributed by atoms with Crippen LogP contribution in [-0.4, -0.2) is 56.5 Å². The van der Waals surface area contributed by atoms with Crippen molar-refractivity contribution in [2.24, 2.45) is 0 Å². The van der Waals surface area contributed by atoms with E-state index in [4.69, 9.17) is 0 Å². The molecule has 1 aliphatic heterocycles. The Balaban J connectivity index is 1.74. The minimum atomic E-state index is -3.55. The first kappa shape index (κ1) is 19.6. The van der Waals surface area contributed by atoms with Gasteiger partial charge in [0.15, 0.2) is 0 Å². The summed E-state index contributed by atoms with van der Waals surface area (Å²) in [5.41, 5.74) is 1.90. The van der Waals surface area contributed by atoms with E-state index in [0.29, 0.717) is 37.1 Å². The Morgan fingerprint density at radius 3 is 2.45 bits per heavy atom. The number of fused-ring (bicyclic) bond motifs is 1. The third-order valence-electron chi connectivity index (χ3n) is 5.08. The number of carbonyl (C=O) groups excluding carboxylic acids is 1. The summed E-state index contributed by atoms with van der Waals surface area (Å²) in [6.07, 6.45) is 1.63. The van der Waals surface area contributed by atoms with Crippen LogP contribution in [-0.2, 0) is 10.0 Å². The molecule has 29 heavy (non-hydrogen) atoms. The number of rotatable bonds is 3. The van der Waals surface area contributed by atoms with Crippen molar-refractivity contribution in [3.63, 3.8) is 0 Å². The Kier molecular flexibility index (Phi) is 5.12. The number of sulfonamides is 1. The topological polar surface area (TPSA) is 83.4 Å². The van der Waals surface area contributed by atoms with Crippen molar-refractivity contribution in [1.29, 1.82) is 0 Å². The Bertz CT molecular complexity index is 1170.